The second-order valence-corrected chi connectivity index (χ2v) is 5.86. The van der Waals surface area contributed by atoms with E-state index in [9.17, 15) is 0 Å². The van der Waals surface area contributed by atoms with Gasteiger partial charge in [0.1, 0.15) is 0 Å². The zero-order valence-corrected chi connectivity index (χ0v) is 7.83. The summed E-state index contributed by atoms with van der Waals surface area (Å²) in [6.45, 7) is 4.81. The number of hydrogen-bond donors (Lipinski definition) is 1. The van der Waals surface area contributed by atoms with Crippen LogP contribution in [0.5, 0.6) is 0 Å². The van der Waals surface area contributed by atoms with Crippen LogP contribution in [-0.4, -0.2) is 29.9 Å². The molecule has 1 nitrogen and oxygen atoms in total. The molecule has 0 aromatic rings. The molecule has 1 aliphatic heterocycles. The van der Waals surface area contributed by atoms with E-state index in [4.69, 9.17) is 0 Å². The average molecular weight is 175 g/mol. The van der Waals surface area contributed by atoms with E-state index in [-0.39, 0.29) is 0 Å². The molecule has 1 unspecified atom stereocenters. The van der Waals surface area contributed by atoms with E-state index in [0.717, 1.165) is 0 Å². The molecule has 2 heteroatoms. The Hall–Kier alpha value is 0.518. The molecule has 0 bridgehead atoms. The molecular weight excluding hydrogens is 161 g/mol. The third-order valence-corrected chi connectivity index (χ3v) is 2.66. The summed E-state index contributed by atoms with van der Waals surface area (Å²) >= 11 is 1.88. The van der Waals surface area contributed by atoms with Gasteiger partial charge in [0.25, 0.3) is 0 Å². The summed E-state index contributed by atoms with van der Waals surface area (Å²) in [6.07, 6.45) is 2.79. The Morgan fingerprint density at radius 3 is 2.62 bits per heavy atom. The molecule has 0 aromatic heterocycles. The fourth-order valence-corrected chi connectivity index (χ4v) is 1.81. The minimum absolute atomic E-state index is 0.630. The SMILES string of the molecule is C[C@@]1([AsH2])CCCNC1. The fourth-order valence-electron chi connectivity index (χ4n) is 1.08. The van der Waals surface area contributed by atoms with Crippen molar-refractivity contribution in [3.63, 3.8) is 0 Å². The average Bonchev–Trinajstić information content (AvgIpc) is 1.65. The molecule has 1 fully saturated rings. The molecule has 0 radical (unpaired) electrons. The van der Waals surface area contributed by atoms with Crippen molar-refractivity contribution in [1.82, 2.24) is 5.32 Å². The van der Waals surface area contributed by atoms with Crippen molar-refractivity contribution in [3.05, 3.63) is 0 Å². The van der Waals surface area contributed by atoms with Gasteiger partial charge in [-0.05, 0) is 0 Å². The predicted octanol–water partition coefficient (Wildman–Crippen LogP) is 0.181. The molecule has 0 spiro atoms. The normalized spacial score (nSPS) is 39.8. The first-order valence-corrected chi connectivity index (χ1v) is 4.41. The maximum atomic E-state index is 3.39. The summed E-state index contributed by atoms with van der Waals surface area (Å²) in [6, 6.07) is 0. The van der Waals surface area contributed by atoms with Gasteiger partial charge < -0.3 is 0 Å². The van der Waals surface area contributed by atoms with Crippen molar-refractivity contribution >= 4 is 16.9 Å². The molecule has 0 aliphatic carbocycles. The van der Waals surface area contributed by atoms with Crippen LogP contribution in [0.4, 0.5) is 0 Å². The van der Waals surface area contributed by atoms with Gasteiger partial charge in [0.2, 0.25) is 0 Å². The zero-order valence-electron chi connectivity index (χ0n) is 5.41. The number of nitrogens with one attached hydrogen (secondary N) is 1. The van der Waals surface area contributed by atoms with Gasteiger partial charge in [-0.3, -0.25) is 0 Å². The summed E-state index contributed by atoms with van der Waals surface area (Å²) in [5, 5.41) is 3.39. The molecule has 1 rings (SSSR count). The second-order valence-electron chi connectivity index (χ2n) is 2.93. The van der Waals surface area contributed by atoms with Gasteiger partial charge in [0, 0.05) is 0 Å². The molecule has 0 aromatic carbocycles. The number of hydrogen-bond acceptors (Lipinski definition) is 1. The standard InChI is InChI=1S/C6H14AsN/c1-6(7)3-2-4-8-5-6/h8H,2-5,7H2,1H3/t6-/m1/s1. The molecule has 48 valence electrons. The van der Waals surface area contributed by atoms with Crippen LogP contribution in [-0.2, 0) is 0 Å². The third kappa shape index (κ3) is 1.79. The summed E-state index contributed by atoms with van der Waals surface area (Å²) in [7, 11) is 0. The number of piperidine rings is 1. The van der Waals surface area contributed by atoms with Crippen molar-refractivity contribution in [1.29, 1.82) is 0 Å². The Morgan fingerprint density at radius 2 is 2.38 bits per heavy atom. The molecular formula is C6H14AsN. The first-order valence-electron chi connectivity index (χ1n) is 3.20. The van der Waals surface area contributed by atoms with Crippen LogP contribution < -0.4 is 5.32 Å². The van der Waals surface area contributed by atoms with Crippen LogP contribution in [0.3, 0.4) is 0 Å². The van der Waals surface area contributed by atoms with Crippen molar-refractivity contribution < 1.29 is 0 Å². The molecule has 2 atom stereocenters. The summed E-state index contributed by atoms with van der Waals surface area (Å²) in [4.78, 5) is 0. The maximum absolute atomic E-state index is 3.39. The van der Waals surface area contributed by atoms with Gasteiger partial charge in [-0.2, -0.15) is 0 Å². The van der Waals surface area contributed by atoms with E-state index < -0.39 is 0 Å². The Morgan fingerprint density at radius 1 is 1.62 bits per heavy atom. The van der Waals surface area contributed by atoms with Gasteiger partial charge in [-0.1, -0.05) is 0 Å². The molecule has 1 heterocycles. The predicted molar refractivity (Wildman–Crippen MR) is 39.0 cm³/mol. The van der Waals surface area contributed by atoms with Crippen LogP contribution in [0.25, 0.3) is 0 Å². The van der Waals surface area contributed by atoms with Crippen LogP contribution in [0.2, 0.25) is 4.20 Å². The van der Waals surface area contributed by atoms with Gasteiger partial charge >= 0.3 is 59.2 Å². The van der Waals surface area contributed by atoms with Crippen molar-refractivity contribution in [2.75, 3.05) is 13.1 Å². The number of rotatable bonds is 0. The zero-order chi connectivity index (χ0) is 6.04. The molecule has 8 heavy (non-hydrogen) atoms. The Balaban J connectivity index is 2.33. The Labute approximate surface area is 59.7 Å². The summed E-state index contributed by atoms with van der Waals surface area (Å²) in [5.41, 5.74) is 0. The van der Waals surface area contributed by atoms with Crippen LogP contribution >= 0.6 is 0 Å². The molecule has 1 aliphatic rings. The monoisotopic (exact) mass is 175 g/mol. The van der Waals surface area contributed by atoms with Crippen molar-refractivity contribution in [3.8, 4) is 0 Å². The van der Waals surface area contributed by atoms with E-state index in [2.05, 4.69) is 12.2 Å². The Bertz CT molecular complexity index is 72.6. The van der Waals surface area contributed by atoms with Crippen LogP contribution in [0.15, 0.2) is 0 Å². The van der Waals surface area contributed by atoms with Crippen molar-refractivity contribution in [2.24, 2.45) is 0 Å². The first kappa shape index (κ1) is 6.64. The molecule has 1 N–H and O–H groups in total. The third-order valence-electron chi connectivity index (χ3n) is 1.63. The second kappa shape index (κ2) is 2.41. The first-order chi connectivity index (χ1) is 3.71. The Kier molecular flexibility index (Phi) is 2.00. The van der Waals surface area contributed by atoms with Gasteiger partial charge in [0.15, 0.2) is 0 Å². The fraction of sp³-hybridized carbons (Fsp3) is 1.00. The van der Waals surface area contributed by atoms with E-state index in [1.54, 1.807) is 0 Å². The minimum atomic E-state index is 0.630. The van der Waals surface area contributed by atoms with Crippen LogP contribution in [0.1, 0.15) is 19.8 Å². The van der Waals surface area contributed by atoms with Crippen LogP contribution in [0, 0.1) is 0 Å². The van der Waals surface area contributed by atoms with E-state index in [1.807, 2.05) is 16.9 Å². The molecule has 0 saturated carbocycles. The van der Waals surface area contributed by atoms with E-state index >= 15 is 0 Å². The van der Waals surface area contributed by atoms with Gasteiger partial charge in [0.05, 0.1) is 0 Å². The van der Waals surface area contributed by atoms with E-state index in [0.29, 0.717) is 4.20 Å². The topological polar surface area (TPSA) is 12.0 Å². The van der Waals surface area contributed by atoms with E-state index in [1.165, 1.54) is 25.9 Å². The van der Waals surface area contributed by atoms with Crippen molar-refractivity contribution in [2.45, 2.75) is 24.0 Å². The summed E-state index contributed by atoms with van der Waals surface area (Å²) < 4.78 is 0.630. The van der Waals surface area contributed by atoms with Gasteiger partial charge in [-0.25, -0.2) is 0 Å². The molecule has 0 amide bonds. The quantitative estimate of drug-likeness (QED) is 0.518. The summed E-state index contributed by atoms with van der Waals surface area (Å²) in [5.74, 6) is 0. The van der Waals surface area contributed by atoms with Gasteiger partial charge in [-0.15, -0.1) is 0 Å². The molecule has 1 saturated heterocycles.